The number of hydrogen-bond acceptors (Lipinski definition) is 12. The number of ketones is 2. The van der Waals surface area contributed by atoms with E-state index in [-0.39, 0.29) is 56.6 Å². The minimum absolute atomic E-state index is 0.0392. The van der Waals surface area contributed by atoms with Crippen LogP contribution in [0.5, 0.6) is 0 Å². The van der Waals surface area contributed by atoms with Gasteiger partial charge in [-0.2, -0.15) is 11.8 Å². The fourth-order valence-electron chi connectivity index (χ4n) is 10.7. The monoisotopic (exact) mass is 1120 g/mol. The van der Waals surface area contributed by atoms with Crippen LogP contribution in [0, 0.1) is 5.92 Å². The first-order chi connectivity index (χ1) is 37.8. The standard InChI is InChI=1S/C63H120N4O10S/c1-4-7-10-13-16-19-22-25-28-31-34-37-40-45-57(71)54(44-43-48-64)63(62(76)77,58(72)46-41-38-35-32-29-26-23-20-17-14-11-8-5-2)67(59(73)47-42-39-36-33-30-27-24-21-18-15-12-9-6-3)61(75)56(50-69)66-60(74)55(65)52-78-51-53(70)49-68/h53-56,68-70H,4-52,64-65H2,1-3H3,(H,66,74)(H,76,77)/t53?,54?,55-,56-,63+/m0/s1. The van der Waals surface area contributed by atoms with Gasteiger partial charge < -0.3 is 37.2 Å². The third kappa shape index (κ3) is 35.4. The average molecular weight is 1130 g/mol. The van der Waals surface area contributed by atoms with E-state index in [4.69, 9.17) is 11.5 Å². The summed E-state index contributed by atoms with van der Waals surface area (Å²) in [4.78, 5) is 88.6. The van der Waals surface area contributed by atoms with Crippen LogP contribution in [0.25, 0.3) is 0 Å². The van der Waals surface area contributed by atoms with Crippen molar-refractivity contribution in [3.8, 4) is 0 Å². The van der Waals surface area contributed by atoms with Gasteiger partial charge in [0.1, 0.15) is 11.8 Å². The maximum atomic E-state index is 15.3. The first-order valence-corrected chi connectivity index (χ1v) is 33.4. The quantitative estimate of drug-likeness (QED) is 0.0221. The molecule has 0 aromatic heterocycles. The number of thioether (sulfide) groups is 1. The van der Waals surface area contributed by atoms with Gasteiger partial charge in [0.05, 0.1) is 31.3 Å². The largest absolute Gasteiger partial charge is 0.479 e. The maximum Gasteiger partial charge on any atom is 0.338 e. The van der Waals surface area contributed by atoms with Gasteiger partial charge in [-0.3, -0.25) is 28.9 Å². The van der Waals surface area contributed by atoms with E-state index in [1.165, 1.54) is 135 Å². The summed E-state index contributed by atoms with van der Waals surface area (Å²) in [5, 5.41) is 43.9. The topological polar surface area (TPSA) is 251 Å². The van der Waals surface area contributed by atoms with Gasteiger partial charge in [0.15, 0.2) is 5.78 Å². The number of hydrogen-bond donors (Lipinski definition) is 7. The van der Waals surface area contributed by atoms with Crippen LogP contribution in [-0.2, 0) is 28.8 Å². The first-order valence-electron chi connectivity index (χ1n) is 32.2. The molecule has 0 radical (unpaired) electrons. The van der Waals surface area contributed by atoms with Gasteiger partial charge in [-0.05, 0) is 38.6 Å². The summed E-state index contributed by atoms with van der Waals surface area (Å²) in [6.45, 7) is 5.17. The maximum absolute atomic E-state index is 15.3. The minimum Gasteiger partial charge on any atom is -0.479 e. The second-order valence-corrected chi connectivity index (χ2v) is 23.8. The van der Waals surface area contributed by atoms with Crippen molar-refractivity contribution in [1.82, 2.24) is 10.2 Å². The molecule has 0 heterocycles. The molecule has 0 aliphatic carbocycles. The molecule has 3 amide bonds. The molecule has 0 saturated carbocycles. The molecule has 0 bridgehead atoms. The molecule has 0 fully saturated rings. The molecule has 15 heteroatoms. The molecule has 0 rings (SSSR count). The van der Waals surface area contributed by atoms with Gasteiger partial charge in [-0.25, -0.2) is 4.79 Å². The second kappa shape index (κ2) is 52.6. The zero-order valence-electron chi connectivity index (χ0n) is 50.2. The Morgan fingerprint density at radius 1 is 0.500 bits per heavy atom. The van der Waals surface area contributed by atoms with Gasteiger partial charge in [-0.15, -0.1) is 0 Å². The van der Waals surface area contributed by atoms with Crippen LogP contribution in [0.2, 0.25) is 0 Å². The lowest BCUT2D eigenvalue weighted by Gasteiger charge is -2.44. The molecule has 0 saturated heterocycles. The fraction of sp³-hybridized carbons (Fsp3) is 0.905. The molecule has 9 N–H and O–H groups in total. The van der Waals surface area contributed by atoms with Gasteiger partial charge in [0.25, 0.3) is 5.91 Å². The van der Waals surface area contributed by atoms with E-state index < -0.39 is 78.1 Å². The Balaban J connectivity index is 6.80. The number of aliphatic hydroxyl groups is 3. The van der Waals surface area contributed by atoms with Crippen LogP contribution in [0.4, 0.5) is 0 Å². The molecular formula is C63H120N4O10S. The Morgan fingerprint density at radius 3 is 1.21 bits per heavy atom. The number of carbonyl (C=O) groups is 6. The van der Waals surface area contributed by atoms with Gasteiger partial charge in [0.2, 0.25) is 17.4 Å². The second-order valence-electron chi connectivity index (χ2n) is 22.7. The highest BCUT2D eigenvalue weighted by Gasteiger charge is 2.62. The lowest BCUT2D eigenvalue weighted by atomic mass is 9.71. The number of imide groups is 1. The number of Topliss-reactive ketones (excluding diaryl/α,β-unsaturated/α-hetero) is 2. The normalized spacial score (nSPS) is 13.9. The van der Waals surface area contributed by atoms with Crippen molar-refractivity contribution in [3.05, 3.63) is 0 Å². The van der Waals surface area contributed by atoms with Crippen LogP contribution >= 0.6 is 11.8 Å². The average Bonchev–Trinajstić information content (AvgIpc) is 3.50. The van der Waals surface area contributed by atoms with E-state index in [2.05, 4.69) is 26.1 Å². The highest BCUT2D eigenvalue weighted by Crippen LogP contribution is 2.37. The molecule has 0 aromatic carbocycles. The predicted octanol–water partition coefficient (Wildman–Crippen LogP) is 13.0. The van der Waals surface area contributed by atoms with Crippen molar-refractivity contribution in [2.75, 3.05) is 31.3 Å². The molecule has 0 aliphatic heterocycles. The summed E-state index contributed by atoms with van der Waals surface area (Å²) in [6.07, 6.45) is 39.5. The van der Waals surface area contributed by atoms with Crippen LogP contribution in [0.3, 0.4) is 0 Å². The molecule has 0 aliphatic rings. The number of rotatable bonds is 59. The number of carbonyl (C=O) groups excluding carboxylic acids is 5. The number of carboxylic acids is 1. The molecule has 0 spiro atoms. The molecular weight excluding hydrogens is 1000 g/mol. The van der Waals surface area contributed by atoms with Crippen molar-refractivity contribution in [1.29, 1.82) is 0 Å². The van der Waals surface area contributed by atoms with Crippen molar-refractivity contribution in [2.45, 2.75) is 327 Å². The number of carboxylic acid groups (broad SMARTS) is 1. The Bertz CT molecular complexity index is 1510. The van der Waals surface area contributed by atoms with E-state index in [1.807, 2.05) is 0 Å². The molecule has 5 atom stereocenters. The van der Waals surface area contributed by atoms with Crippen molar-refractivity contribution in [3.63, 3.8) is 0 Å². The van der Waals surface area contributed by atoms with E-state index in [9.17, 15) is 39.6 Å². The number of nitrogens with zero attached hydrogens (tertiary/aromatic N) is 1. The van der Waals surface area contributed by atoms with E-state index in [1.54, 1.807) is 0 Å². The first kappa shape index (κ1) is 75.6. The van der Waals surface area contributed by atoms with Crippen molar-refractivity contribution in [2.24, 2.45) is 17.4 Å². The number of nitrogens with one attached hydrogen (secondary N) is 1. The van der Waals surface area contributed by atoms with Gasteiger partial charge in [-0.1, -0.05) is 252 Å². The van der Waals surface area contributed by atoms with Crippen LogP contribution in [0.1, 0.15) is 303 Å². The number of unbranched alkanes of at least 4 members (excludes halogenated alkanes) is 36. The Kier molecular flexibility index (Phi) is 51.0. The molecule has 0 aromatic rings. The van der Waals surface area contributed by atoms with Crippen LogP contribution in [-0.4, -0.2) is 116 Å². The van der Waals surface area contributed by atoms with Crippen LogP contribution in [0.15, 0.2) is 0 Å². The van der Waals surface area contributed by atoms with E-state index >= 15 is 9.59 Å². The smallest absolute Gasteiger partial charge is 0.338 e. The summed E-state index contributed by atoms with van der Waals surface area (Å²) in [7, 11) is 0. The summed E-state index contributed by atoms with van der Waals surface area (Å²) < 4.78 is 0. The Hall–Kier alpha value is -2.43. The molecule has 14 nitrogen and oxygen atoms in total. The number of amides is 3. The van der Waals surface area contributed by atoms with E-state index in [0.29, 0.717) is 30.6 Å². The minimum atomic E-state index is -2.97. The zero-order valence-corrected chi connectivity index (χ0v) is 51.0. The zero-order chi connectivity index (χ0) is 57.9. The van der Waals surface area contributed by atoms with E-state index in [0.717, 1.165) is 95.2 Å². The number of nitrogens with two attached hydrogens (primary N) is 2. The molecule has 2 unspecified atom stereocenters. The summed E-state index contributed by atoms with van der Waals surface area (Å²) in [5.74, 6) is -8.00. The summed E-state index contributed by atoms with van der Waals surface area (Å²) >= 11 is 1.08. The van der Waals surface area contributed by atoms with Crippen molar-refractivity contribution >= 4 is 47.0 Å². The summed E-state index contributed by atoms with van der Waals surface area (Å²) in [5.41, 5.74) is 9.25. The fourth-order valence-corrected chi connectivity index (χ4v) is 11.6. The third-order valence-corrected chi connectivity index (χ3v) is 16.9. The lowest BCUT2D eigenvalue weighted by Crippen LogP contribution is -2.71. The highest BCUT2D eigenvalue weighted by molar-refractivity contribution is 7.99. The lowest BCUT2D eigenvalue weighted by molar-refractivity contribution is -0.178. The Labute approximate surface area is 480 Å². The highest BCUT2D eigenvalue weighted by atomic mass is 32.2. The van der Waals surface area contributed by atoms with Gasteiger partial charge >= 0.3 is 5.97 Å². The molecule has 458 valence electrons. The van der Waals surface area contributed by atoms with Crippen LogP contribution < -0.4 is 16.8 Å². The number of aliphatic hydroxyl groups excluding tert-OH is 3. The van der Waals surface area contributed by atoms with Crippen molar-refractivity contribution < 1.29 is 49.2 Å². The number of aliphatic carboxylic acids is 1. The third-order valence-electron chi connectivity index (χ3n) is 15.6. The van der Waals surface area contributed by atoms with Gasteiger partial charge in [0, 0.05) is 30.8 Å². The summed E-state index contributed by atoms with van der Waals surface area (Å²) in [6, 6.07) is -3.15. The predicted molar refractivity (Wildman–Crippen MR) is 322 cm³/mol. The molecule has 78 heavy (non-hydrogen) atoms. The Morgan fingerprint density at radius 2 is 0.859 bits per heavy atom. The SMILES string of the molecule is CCCCCCCCCCCCCCCC(=O)C(CCCN)[C@](C(=O)O)(C(=O)CCCCCCCCCCCCCCC)N(C(=O)CCCCCCCCCCCCCCC)C(=O)[C@H](CO)NC(=O)[C@@H](N)CSCC(O)CO.